The Kier molecular flexibility index (Phi) is 7.89. The average molecular weight is 535 g/mol. The third kappa shape index (κ3) is 5.90. The summed E-state index contributed by atoms with van der Waals surface area (Å²) in [6, 6.07) is 12.3. The first kappa shape index (κ1) is 26.6. The molecule has 38 heavy (non-hydrogen) atoms. The molecule has 0 radical (unpaired) electrons. The number of anilines is 1. The number of fused-ring (bicyclic) bond motifs is 2. The number of aromatic carboxylic acids is 1. The lowest BCUT2D eigenvalue weighted by Crippen LogP contribution is -2.31. The lowest BCUT2D eigenvalue weighted by Gasteiger charge is -2.18. The van der Waals surface area contributed by atoms with Gasteiger partial charge in [0.1, 0.15) is 17.4 Å². The van der Waals surface area contributed by atoms with E-state index in [1.165, 1.54) is 30.3 Å². The molecule has 4 rings (SSSR count). The van der Waals surface area contributed by atoms with Crippen LogP contribution < -0.4 is 26.9 Å². The number of aliphatic carboxylic acids is 1. The highest BCUT2D eigenvalue weighted by Crippen LogP contribution is 2.42. The van der Waals surface area contributed by atoms with E-state index in [4.69, 9.17) is 27.5 Å². The summed E-state index contributed by atoms with van der Waals surface area (Å²) in [5.41, 5.74) is 7.28. The Balaban J connectivity index is 1.61. The van der Waals surface area contributed by atoms with Gasteiger partial charge in [-0.05, 0) is 67.4 Å². The maximum atomic E-state index is 12.3. The quantitative estimate of drug-likeness (QED) is 0.121. The summed E-state index contributed by atoms with van der Waals surface area (Å²) in [4.78, 5) is 35.0. The number of thiocarbonyl (C=S) groups is 1. The van der Waals surface area contributed by atoms with Crippen LogP contribution in [0, 0.1) is 0 Å². The predicted molar refractivity (Wildman–Crippen MR) is 145 cm³/mol. The van der Waals surface area contributed by atoms with Crippen LogP contribution in [-0.2, 0) is 4.79 Å². The van der Waals surface area contributed by atoms with Gasteiger partial charge in [0.25, 0.3) is 0 Å². The molecule has 1 heterocycles. The normalized spacial score (nSPS) is 11.8. The monoisotopic (exact) mass is 534 g/mol. The highest BCUT2D eigenvalue weighted by atomic mass is 32.1. The standard InChI is InChI=1S/C27H25N3O7S/c28-21(26(35)36)3-1-2-10-29-27(38)30-14-4-7-17(20(11-14)25(33)34)24-18-8-5-15(31)12-22(18)37-23-13-16(32)6-9-19(23)24/h4-9,11-13,21,31H,1-3,10,28H2,(H,33,34)(H,35,36)(H2,29,30,38)/p-1/t21-/m0/s1. The van der Waals surface area contributed by atoms with Crippen molar-refractivity contribution < 1.29 is 29.3 Å². The molecule has 10 nitrogen and oxygen atoms in total. The Morgan fingerprint density at radius 3 is 2.53 bits per heavy atom. The van der Waals surface area contributed by atoms with Crippen LogP contribution in [0.15, 0.2) is 63.8 Å². The number of nitrogens with two attached hydrogens (primary N) is 1. The van der Waals surface area contributed by atoms with Gasteiger partial charge >= 0.3 is 11.9 Å². The summed E-state index contributed by atoms with van der Waals surface area (Å²) in [5, 5.41) is 37.6. The molecule has 1 atom stereocenters. The van der Waals surface area contributed by atoms with Crippen molar-refractivity contribution in [1.82, 2.24) is 5.32 Å². The molecule has 1 aliphatic carbocycles. The number of hydrogen-bond donors (Lipinski definition) is 5. The van der Waals surface area contributed by atoms with Gasteiger partial charge in [-0.2, -0.15) is 0 Å². The number of hydrogen-bond acceptors (Lipinski definition) is 7. The number of unbranched alkanes of at least 4 members (excludes halogenated alkanes) is 1. The zero-order chi connectivity index (χ0) is 27.4. The zero-order valence-corrected chi connectivity index (χ0v) is 20.8. The number of benzene rings is 3. The Bertz CT molecular complexity index is 1570. The van der Waals surface area contributed by atoms with Crippen LogP contribution in [0.25, 0.3) is 33.4 Å². The first-order valence-electron chi connectivity index (χ1n) is 11.7. The van der Waals surface area contributed by atoms with Gasteiger partial charge in [-0.3, -0.25) is 9.59 Å². The number of rotatable bonds is 9. The van der Waals surface area contributed by atoms with E-state index in [-0.39, 0.29) is 33.2 Å². The van der Waals surface area contributed by atoms with Gasteiger partial charge in [0, 0.05) is 34.8 Å². The minimum Gasteiger partial charge on any atom is -0.872 e. The molecule has 0 bridgehead atoms. The number of carboxylic acid groups (broad SMARTS) is 2. The van der Waals surface area contributed by atoms with Crippen molar-refractivity contribution >= 4 is 45.9 Å². The second-order valence-electron chi connectivity index (χ2n) is 8.68. The van der Waals surface area contributed by atoms with Crippen LogP contribution in [0.3, 0.4) is 0 Å². The van der Waals surface area contributed by atoms with Crippen LogP contribution in [0.2, 0.25) is 0 Å². The van der Waals surface area contributed by atoms with Crippen molar-refractivity contribution in [2.45, 2.75) is 25.3 Å². The average Bonchev–Trinajstić information content (AvgIpc) is 2.86. The minimum absolute atomic E-state index is 0.0216. The Hall–Kier alpha value is -4.48. The van der Waals surface area contributed by atoms with E-state index in [0.717, 1.165) is 0 Å². The van der Waals surface area contributed by atoms with Gasteiger partial charge < -0.3 is 36.1 Å². The molecular formula is C27H24N3O7S-. The van der Waals surface area contributed by atoms with E-state index in [2.05, 4.69) is 10.6 Å². The fourth-order valence-electron chi connectivity index (χ4n) is 4.15. The molecule has 11 heteroatoms. The Morgan fingerprint density at radius 1 is 1.03 bits per heavy atom. The van der Waals surface area contributed by atoms with Crippen molar-refractivity contribution in [3.63, 3.8) is 0 Å². The molecule has 1 aliphatic heterocycles. The maximum Gasteiger partial charge on any atom is 0.336 e. The van der Waals surface area contributed by atoms with Crippen LogP contribution in [0.4, 0.5) is 5.69 Å². The fraction of sp³-hybridized carbons (Fsp3) is 0.185. The van der Waals surface area contributed by atoms with Crippen molar-refractivity contribution in [3.8, 4) is 28.2 Å². The van der Waals surface area contributed by atoms with E-state index in [1.807, 2.05) is 0 Å². The molecule has 0 spiro atoms. The van der Waals surface area contributed by atoms with Gasteiger partial charge in [-0.25, -0.2) is 4.79 Å². The van der Waals surface area contributed by atoms with Crippen molar-refractivity contribution in [3.05, 3.63) is 70.4 Å². The van der Waals surface area contributed by atoms with E-state index < -0.39 is 18.0 Å². The molecule has 0 unspecified atom stereocenters. The SMILES string of the molecule is N[C@@H](CCCCNC(=S)Nc1ccc(-c2c3ccc(=O)cc-3oc3cc([O-])ccc23)c(C(=O)O)c1)C(=O)O. The fourth-order valence-corrected chi connectivity index (χ4v) is 4.37. The third-order valence-electron chi connectivity index (χ3n) is 5.99. The summed E-state index contributed by atoms with van der Waals surface area (Å²) >= 11 is 5.30. The molecule has 0 saturated heterocycles. The van der Waals surface area contributed by atoms with Gasteiger partial charge in [0.15, 0.2) is 10.5 Å². The van der Waals surface area contributed by atoms with Crippen LogP contribution in [-0.4, -0.2) is 39.9 Å². The van der Waals surface area contributed by atoms with E-state index in [9.17, 15) is 24.6 Å². The number of carboxylic acids is 2. The Labute approximate surface area is 222 Å². The molecule has 0 saturated carbocycles. The Morgan fingerprint density at radius 2 is 1.79 bits per heavy atom. The summed E-state index contributed by atoms with van der Waals surface area (Å²) in [6.45, 7) is 0.483. The highest BCUT2D eigenvalue weighted by molar-refractivity contribution is 7.80. The summed E-state index contributed by atoms with van der Waals surface area (Å²) in [6.07, 6.45) is 1.61. The molecule has 6 N–H and O–H groups in total. The molecule has 2 aromatic rings. The lowest BCUT2D eigenvalue weighted by molar-refractivity contribution is -0.268. The van der Waals surface area contributed by atoms with Gasteiger partial charge in [-0.1, -0.05) is 18.2 Å². The number of nitrogens with one attached hydrogen (secondary N) is 2. The molecule has 0 fully saturated rings. The second-order valence-corrected chi connectivity index (χ2v) is 9.09. The summed E-state index contributed by atoms with van der Waals surface area (Å²) in [5.74, 6) is -2.27. The predicted octanol–water partition coefficient (Wildman–Crippen LogP) is 3.21. The van der Waals surface area contributed by atoms with Crippen LogP contribution in [0.1, 0.15) is 29.6 Å². The van der Waals surface area contributed by atoms with Crippen molar-refractivity contribution in [2.24, 2.45) is 5.73 Å². The molecule has 196 valence electrons. The minimum atomic E-state index is -1.18. The highest BCUT2D eigenvalue weighted by Gasteiger charge is 2.22. The van der Waals surface area contributed by atoms with Crippen LogP contribution in [0.5, 0.6) is 5.75 Å². The van der Waals surface area contributed by atoms with Crippen molar-refractivity contribution in [1.29, 1.82) is 0 Å². The van der Waals surface area contributed by atoms with E-state index >= 15 is 0 Å². The zero-order valence-electron chi connectivity index (χ0n) is 20.0. The largest absolute Gasteiger partial charge is 0.872 e. The lowest BCUT2D eigenvalue weighted by atomic mass is 9.90. The second kappa shape index (κ2) is 11.3. The van der Waals surface area contributed by atoms with Gasteiger partial charge in [-0.15, -0.1) is 5.75 Å². The van der Waals surface area contributed by atoms with E-state index in [0.29, 0.717) is 53.6 Å². The van der Waals surface area contributed by atoms with Crippen LogP contribution >= 0.6 is 12.2 Å². The molecule has 2 aliphatic rings. The topological polar surface area (TPSA) is 178 Å². The van der Waals surface area contributed by atoms with Crippen molar-refractivity contribution in [2.75, 3.05) is 11.9 Å². The molecule has 2 aromatic carbocycles. The first-order chi connectivity index (χ1) is 18.1. The molecular weight excluding hydrogens is 510 g/mol. The molecule has 0 aromatic heterocycles. The van der Waals surface area contributed by atoms with Gasteiger partial charge in [0.2, 0.25) is 0 Å². The molecule has 0 amide bonds. The summed E-state index contributed by atoms with van der Waals surface area (Å²) < 4.78 is 5.81. The smallest absolute Gasteiger partial charge is 0.336 e. The maximum absolute atomic E-state index is 12.3. The first-order valence-corrected chi connectivity index (χ1v) is 12.1. The van der Waals surface area contributed by atoms with Gasteiger partial charge in [0.05, 0.1) is 5.56 Å². The summed E-state index contributed by atoms with van der Waals surface area (Å²) in [7, 11) is 0. The third-order valence-corrected chi connectivity index (χ3v) is 6.23. The number of carbonyl (C=O) groups is 2. The van der Waals surface area contributed by atoms with E-state index in [1.54, 1.807) is 24.3 Å².